The van der Waals surface area contributed by atoms with Crippen molar-refractivity contribution in [3.05, 3.63) is 35.4 Å². The van der Waals surface area contributed by atoms with Crippen LogP contribution in [0, 0.1) is 0 Å². The lowest BCUT2D eigenvalue weighted by atomic mass is 9.93. The van der Waals surface area contributed by atoms with Crippen molar-refractivity contribution in [2.24, 2.45) is 0 Å². The quantitative estimate of drug-likeness (QED) is 0.200. The van der Waals surface area contributed by atoms with Crippen molar-refractivity contribution in [3.63, 3.8) is 0 Å². The molecule has 0 bridgehead atoms. The van der Waals surface area contributed by atoms with E-state index in [1.54, 1.807) is 0 Å². The lowest BCUT2D eigenvalue weighted by Gasteiger charge is -2.21. The maximum absolute atomic E-state index is 3.82. The summed E-state index contributed by atoms with van der Waals surface area (Å²) in [5.41, 5.74) is 2.97. The Morgan fingerprint density at radius 2 is 1.12 bits per heavy atom. The number of unbranched alkanes of at least 4 members (excludes halogenated alkanes) is 12. The Hall–Kier alpha value is -0.300. The van der Waals surface area contributed by atoms with Gasteiger partial charge in [0.15, 0.2) is 0 Å². The summed E-state index contributed by atoms with van der Waals surface area (Å²) in [5, 5.41) is 0. The third-order valence-corrected chi connectivity index (χ3v) is 5.63. The predicted molar refractivity (Wildman–Crippen MR) is 118 cm³/mol. The van der Waals surface area contributed by atoms with E-state index in [1.807, 2.05) is 0 Å². The van der Waals surface area contributed by atoms with E-state index in [4.69, 9.17) is 0 Å². The van der Waals surface area contributed by atoms with Crippen LogP contribution < -0.4 is 0 Å². The average Bonchev–Trinajstić information content (AvgIpc) is 2.58. The summed E-state index contributed by atoms with van der Waals surface area (Å²) in [6, 6.07) is 8.91. The van der Waals surface area contributed by atoms with Crippen molar-refractivity contribution in [2.75, 3.05) is 0 Å². The Bertz CT molecular complexity index is 430. The van der Waals surface area contributed by atoms with Gasteiger partial charge in [-0.05, 0) is 37.8 Å². The van der Waals surface area contributed by atoms with Crippen LogP contribution in [0.15, 0.2) is 24.3 Å². The first-order valence-corrected chi connectivity index (χ1v) is 11.6. The van der Waals surface area contributed by atoms with Gasteiger partial charge in [0.1, 0.15) is 0 Å². The second-order valence-corrected chi connectivity index (χ2v) is 10.1. The van der Waals surface area contributed by atoms with Crippen LogP contribution in [-0.4, -0.2) is 0 Å². The summed E-state index contributed by atoms with van der Waals surface area (Å²) in [5.74, 6) is 0. The molecule has 0 aromatic heterocycles. The van der Waals surface area contributed by atoms with E-state index in [0.717, 1.165) is 0 Å². The molecular weight excluding hydrogens is 368 g/mol. The minimum absolute atomic E-state index is 0.0835. The largest absolute Gasteiger partial charge is 0.0807 e. The molecule has 0 spiro atoms. The minimum atomic E-state index is 0.0835. The van der Waals surface area contributed by atoms with Gasteiger partial charge in [-0.2, -0.15) is 0 Å². The molecule has 1 aromatic carbocycles. The first-order chi connectivity index (χ1) is 12.1. The number of halogens is 1. The number of aryl methyl sites for hydroxylation is 1. The van der Waals surface area contributed by atoms with Crippen LogP contribution in [0.25, 0.3) is 0 Å². The van der Waals surface area contributed by atoms with E-state index in [1.165, 1.54) is 101 Å². The zero-order valence-electron chi connectivity index (χ0n) is 17.1. The monoisotopic (exact) mass is 408 g/mol. The van der Waals surface area contributed by atoms with Gasteiger partial charge >= 0.3 is 0 Å². The number of benzene rings is 1. The van der Waals surface area contributed by atoms with Gasteiger partial charge in [-0.3, -0.25) is 0 Å². The van der Waals surface area contributed by atoms with Crippen molar-refractivity contribution in [1.82, 2.24) is 0 Å². The van der Waals surface area contributed by atoms with Crippen LogP contribution in [0.3, 0.4) is 0 Å². The molecule has 0 nitrogen and oxygen atoms in total. The highest BCUT2D eigenvalue weighted by Crippen LogP contribution is 2.33. The van der Waals surface area contributed by atoms with E-state index < -0.39 is 0 Å². The highest BCUT2D eigenvalue weighted by Gasteiger charge is 2.18. The first kappa shape index (κ1) is 22.7. The van der Waals surface area contributed by atoms with Crippen molar-refractivity contribution >= 4 is 15.9 Å². The van der Waals surface area contributed by atoms with Gasteiger partial charge < -0.3 is 0 Å². The maximum Gasteiger partial charge on any atom is 0.0452 e. The van der Waals surface area contributed by atoms with Crippen molar-refractivity contribution in [2.45, 2.75) is 115 Å². The highest BCUT2D eigenvalue weighted by atomic mass is 79.9. The zero-order chi connectivity index (χ0) is 18.4. The molecule has 0 aliphatic heterocycles. The smallest absolute Gasteiger partial charge is 0.0452 e. The van der Waals surface area contributed by atoms with Gasteiger partial charge in [0.25, 0.3) is 0 Å². The molecule has 0 N–H and O–H groups in total. The van der Waals surface area contributed by atoms with Crippen LogP contribution in [0.4, 0.5) is 0 Å². The molecule has 0 fully saturated rings. The van der Waals surface area contributed by atoms with E-state index in [9.17, 15) is 0 Å². The molecule has 0 atom stereocenters. The lowest BCUT2D eigenvalue weighted by Crippen LogP contribution is -2.10. The van der Waals surface area contributed by atoms with Gasteiger partial charge in [0.05, 0.1) is 0 Å². The first-order valence-electron chi connectivity index (χ1n) is 10.8. The van der Waals surface area contributed by atoms with Crippen LogP contribution in [0.5, 0.6) is 0 Å². The van der Waals surface area contributed by atoms with E-state index in [-0.39, 0.29) is 4.32 Å². The molecule has 0 heterocycles. The van der Waals surface area contributed by atoms with E-state index in [0.29, 0.717) is 0 Å². The summed E-state index contributed by atoms with van der Waals surface area (Å²) in [6.07, 6.45) is 19.8. The standard InChI is InChI=1S/C24H41Br/c1-4-5-6-7-8-9-10-11-12-13-14-15-16-19-22-20-17-18-21-23(22)24(2,3)25/h17-18,20-21H,4-16,19H2,1-3H3. The summed E-state index contributed by atoms with van der Waals surface area (Å²) >= 11 is 3.82. The number of alkyl halides is 1. The van der Waals surface area contributed by atoms with Gasteiger partial charge in [-0.1, -0.05) is 124 Å². The second-order valence-electron chi connectivity index (χ2n) is 8.12. The molecular formula is C24H41Br. The normalized spacial score (nSPS) is 11.8. The molecule has 0 amide bonds. The Kier molecular flexibility index (Phi) is 12.6. The third kappa shape index (κ3) is 11.1. The Morgan fingerprint density at radius 1 is 0.680 bits per heavy atom. The molecule has 1 rings (SSSR count). The fourth-order valence-corrected chi connectivity index (χ4v) is 4.04. The van der Waals surface area contributed by atoms with Crippen LogP contribution in [0.1, 0.15) is 115 Å². The Labute approximate surface area is 166 Å². The molecule has 0 saturated heterocycles. The van der Waals surface area contributed by atoms with Gasteiger partial charge in [0.2, 0.25) is 0 Å². The van der Waals surface area contributed by atoms with E-state index >= 15 is 0 Å². The Morgan fingerprint density at radius 3 is 1.60 bits per heavy atom. The molecule has 1 aromatic rings. The zero-order valence-corrected chi connectivity index (χ0v) is 18.7. The van der Waals surface area contributed by atoms with Crippen LogP contribution >= 0.6 is 15.9 Å². The van der Waals surface area contributed by atoms with Gasteiger partial charge in [-0.25, -0.2) is 0 Å². The van der Waals surface area contributed by atoms with Crippen LogP contribution in [-0.2, 0) is 10.7 Å². The molecule has 25 heavy (non-hydrogen) atoms. The molecule has 1 heteroatoms. The summed E-state index contributed by atoms with van der Waals surface area (Å²) < 4.78 is 0.0835. The number of hydrogen-bond acceptors (Lipinski definition) is 0. The van der Waals surface area contributed by atoms with Crippen molar-refractivity contribution in [3.8, 4) is 0 Å². The maximum atomic E-state index is 3.82. The SMILES string of the molecule is CCCCCCCCCCCCCCCc1ccccc1C(C)(C)Br. The topological polar surface area (TPSA) is 0 Å². The average molecular weight is 409 g/mol. The highest BCUT2D eigenvalue weighted by molar-refractivity contribution is 9.09. The minimum Gasteiger partial charge on any atom is -0.0807 e. The van der Waals surface area contributed by atoms with Gasteiger partial charge in [-0.15, -0.1) is 0 Å². The fourth-order valence-electron chi connectivity index (χ4n) is 3.65. The summed E-state index contributed by atoms with van der Waals surface area (Å²) in [7, 11) is 0. The van der Waals surface area contributed by atoms with Crippen LogP contribution in [0.2, 0.25) is 0 Å². The van der Waals surface area contributed by atoms with Crippen molar-refractivity contribution < 1.29 is 0 Å². The summed E-state index contributed by atoms with van der Waals surface area (Å²) in [6.45, 7) is 6.78. The van der Waals surface area contributed by atoms with Gasteiger partial charge in [0, 0.05) is 4.32 Å². The predicted octanol–water partition coefficient (Wildman–Crippen LogP) is 8.95. The lowest BCUT2D eigenvalue weighted by molar-refractivity contribution is 0.539. The third-order valence-electron chi connectivity index (χ3n) is 5.21. The molecule has 0 aliphatic carbocycles. The molecule has 0 radical (unpaired) electrons. The number of hydrogen-bond donors (Lipinski definition) is 0. The number of rotatable bonds is 15. The van der Waals surface area contributed by atoms with Crippen molar-refractivity contribution in [1.29, 1.82) is 0 Å². The summed E-state index contributed by atoms with van der Waals surface area (Å²) in [4.78, 5) is 0. The molecule has 0 unspecified atom stereocenters. The molecule has 0 aliphatic rings. The van der Waals surface area contributed by atoms with E-state index in [2.05, 4.69) is 61.0 Å². The Balaban J connectivity index is 1.99. The molecule has 0 saturated carbocycles. The second kappa shape index (κ2) is 13.8. The molecule has 144 valence electrons. The fraction of sp³-hybridized carbons (Fsp3) is 0.750.